The van der Waals surface area contributed by atoms with Crippen LogP contribution in [-0.4, -0.2) is 58.8 Å². The third-order valence-electron chi connectivity index (χ3n) is 6.17. The molecule has 0 aromatic carbocycles. The Hall–Kier alpha value is -3.00. The molecule has 1 fully saturated rings. The number of Topliss-reactive ketones (excluding diaryl/α,β-unsaturated/α-hetero) is 1. The van der Waals surface area contributed by atoms with Crippen LogP contribution in [0.3, 0.4) is 0 Å². The van der Waals surface area contributed by atoms with E-state index in [0.29, 0.717) is 5.88 Å². The first-order chi connectivity index (χ1) is 17.8. The summed E-state index contributed by atoms with van der Waals surface area (Å²) in [6.45, 7) is 14.5. The normalized spacial score (nSPS) is 12.9. The number of ether oxygens (including phenoxy) is 1. The number of aromatic nitrogens is 4. The van der Waals surface area contributed by atoms with E-state index in [1.165, 1.54) is 23.4 Å². The van der Waals surface area contributed by atoms with E-state index >= 15 is 0 Å². The predicted molar refractivity (Wildman–Crippen MR) is 153 cm³/mol. The molecule has 0 aliphatic carbocycles. The molecule has 1 N–H and O–H groups in total. The number of aryl methyl sites for hydroxylation is 3. The van der Waals surface area contributed by atoms with Crippen molar-refractivity contribution < 1.29 is 9.53 Å². The Morgan fingerprint density at radius 3 is 2.38 bits per heavy atom. The standard InChI is InChI=1S/C13H21N3.C11H15N3O.C5H10O/c1-3-4-12-11(2)15-6-5-13(12)16-9-7-14-8-10-16;1-4-5-8-6-9-7-14(2)13-10(9)12-11(8)15-3;1-3-4-5(2)6/h5-6,14H,3-4,7-10H2,1-2H3;6-7H,4-5H2,1-3H3;3-4H2,1-2H3. The van der Waals surface area contributed by atoms with Crippen LogP contribution >= 0.6 is 0 Å². The predicted octanol–water partition coefficient (Wildman–Crippen LogP) is 5.06. The molecule has 204 valence electrons. The van der Waals surface area contributed by atoms with E-state index in [2.05, 4.69) is 58.2 Å². The van der Waals surface area contributed by atoms with Crippen LogP contribution in [0.2, 0.25) is 0 Å². The van der Waals surface area contributed by atoms with Gasteiger partial charge in [-0.3, -0.25) is 9.67 Å². The van der Waals surface area contributed by atoms with Crippen molar-refractivity contribution in [3.05, 3.63) is 41.3 Å². The fourth-order valence-electron chi connectivity index (χ4n) is 4.42. The summed E-state index contributed by atoms with van der Waals surface area (Å²) in [5.74, 6) is 0.987. The molecule has 0 atom stereocenters. The molecule has 0 bridgehead atoms. The number of piperazine rings is 1. The maximum absolute atomic E-state index is 10.0. The van der Waals surface area contributed by atoms with Crippen LogP contribution in [0.1, 0.15) is 70.2 Å². The molecule has 0 radical (unpaired) electrons. The molecule has 3 aromatic rings. The number of pyridine rings is 2. The second-order valence-corrected chi connectivity index (χ2v) is 9.46. The lowest BCUT2D eigenvalue weighted by Crippen LogP contribution is -2.44. The van der Waals surface area contributed by atoms with Gasteiger partial charge in [0.25, 0.3) is 0 Å². The molecule has 0 spiro atoms. The van der Waals surface area contributed by atoms with E-state index in [1.54, 1.807) is 18.7 Å². The van der Waals surface area contributed by atoms with Crippen molar-refractivity contribution in [3.63, 3.8) is 0 Å². The van der Waals surface area contributed by atoms with E-state index < -0.39 is 0 Å². The molecule has 3 aromatic heterocycles. The van der Waals surface area contributed by atoms with Crippen molar-refractivity contribution in [2.24, 2.45) is 7.05 Å². The number of rotatable bonds is 8. The molecule has 4 heterocycles. The zero-order valence-corrected chi connectivity index (χ0v) is 23.9. The lowest BCUT2D eigenvalue weighted by Gasteiger charge is -2.31. The summed E-state index contributed by atoms with van der Waals surface area (Å²) < 4.78 is 7.03. The van der Waals surface area contributed by atoms with Crippen LogP contribution in [0.5, 0.6) is 5.88 Å². The van der Waals surface area contributed by atoms with E-state index in [9.17, 15) is 4.79 Å². The third-order valence-corrected chi connectivity index (χ3v) is 6.17. The second-order valence-electron chi connectivity index (χ2n) is 9.46. The first-order valence-corrected chi connectivity index (χ1v) is 13.6. The Morgan fingerprint density at radius 1 is 1.11 bits per heavy atom. The van der Waals surface area contributed by atoms with Crippen LogP contribution in [-0.2, 0) is 24.7 Å². The number of nitrogens with zero attached hydrogens (tertiary/aromatic N) is 5. The molecule has 8 nitrogen and oxygen atoms in total. The van der Waals surface area contributed by atoms with Crippen molar-refractivity contribution in [1.29, 1.82) is 0 Å². The highest BCUT2D eigenvalue weighted by atomic mass is 16.5. The number of anilines is 1. The van der Waals surface area contributed by atoms with Crippen LogP contribution in [0.15, 0.2) is 24.5 Å². The minimum absolute atomic E-state index is 0.289. The van der Waals surface area contributed by atoms with Gasteiger partial charge in [-0.15, -0.1) is 0 Å². The molecule has 0 amide bonds. The van der Waals surface area contributed by atoms with E-state index in [0.717, 1.165) is 74.9 Å². The number of methoxy groups -OCH3 is 1. The third kappa shape index (κ3) is 9.43. The minimum atomic E-state index is 0.289. The number of ketones is 1. The van der Waals surface area contributed by atoms with Crippen molar-refractivity contribution in [2.45, 2.75) is 73.1 Å². The summed E-state index contributed by atoms with van der Waals surface area (Å²) in [6.07, 6.45) is 10.0. The summed E-state index contributed by atoms with van der Waals surface area (Å²) in [4.78, 5) is 21.3. The Balaban J connectivity index is 0.000000215. The quantitative estimate of drug-likeness (QED) is 0.453. The maximum Gasteiger partial charge on any atom is 0.218 e. The molecule has 1 saturated heterocycles. The van der Waals surface area contributed by atoms with Gasteiger partial charge in [-0.05, 0) is 50.8 Å². The van der Waals surface area contributed by atoms with E-state index in [1.807, 2.05) is 26.4 Å². The topological polar surface area (TPSA) is 85.2 Å². The van der Waals surface area contributed by atoms with Crippen molar-refractivity contribution in [3.8, 4) is 5.88 Å². The highest BCUT2D eigenvalue weighted by Crippen LogP contribution is 2.24. The molecular weight excluding hydrogens is 464 g/mol. The summed E-state index contributed by atoms with van der Waals surface area (Å²) >= 11 is 0. The molecule has 4 rings (SSSR count). The van der Waals surface area contributed by atoms with Gasteiger partial charge in [-0.25, -0.2) is 0 Å². The summed E-state index contributed by atoms with van der Waals surface area (Å²) in [5, 5.41) is 8.71. The van der Waals surface area contributed by atoms with Gasteiger partial charge < -0.3 is 19.7 Å². The zero-order chi connectivity index (χ0) is 27.2. The number of carbonyl (C=O) groups excluding carboxylic acids is 1. The van der Waals surface area contributed by atoms with E-state index in [4.69, 9.17) is 4.74 Å². The van der Waals surface area contributed by atoms with Crippen LogP contribution in [0.25, 0.3) is 11.0 Å². The average molecular weight is 511 g/mol. The van der Waals surface area contributed by atoms with Gasteiger partial charge in [0.15, 0.2) is 5.65 Å². The maximum atomic E-state index is 10.0. The molecule has 37 heavy (non-hydrogen) atoms. The molecule has 1 aliphatic heterocycles. The van der Waals surface area contributed by atoms with Crippen LogP contribution in [0.4, 0.5) is 5.69 Å². The highest BCUT2D eigenvalue weighted by molar-refractivity contribution is 5.76. The van der Waals surface area contributed by atoms with Gasteiger partial charge >= 0.3 is 0 Å². The van der Waals surface area contributed by atoms with Crippen LogP contribution in [0, 0.1) is 6.92 Å². The Bertz CT molecular complexity index is 1110. The summed E-state index contributed by atoms with van der Waals surface area (Å²) in [6, 6.07) is 4.28. The fraction of sp³-hybridized carbons (Fsp3) is 0.586. The number of carbonyl (C=O) groups is 1. The Kier molecular flexibility index (Phi) is 13.0. The largest absolute Gasteiger partial charge is 0.481 e. The number of fused-ring (bicyclic) bond motifs is 1. The van der Waals surface area contributed by atoms with Gasteiger partial charge in [-0.2, -0.15) is 10.1 Å². The highest BCUT2D eigenvalue weighted by Gasteiger charge is 2.15. The number of hydrogen-bond donors (Lipinski definition) is 1. The molecule has 0 saturated carbocycles. The molecule has 1 aliphatic rings. The monoisotopic (exact) mass is 510 g/mol. The SMILES string of the molecule is CCCC(C)=O.CCCc1c(N2CCNCC2)ccnc1C.CCCc1cc2cn(C)nc2nc1OC. The van der Waals surface area contributed by atoms with Gasteiger partial charge in [0.2, 0.25) is 5.88 Å². The summed E-state index contributed by atoms with van der Waals surface area (Å²) in [7, 11) is 3.55. The number of nitrogens with one attached hydrogen (secondary N) is 1. The smallest absolute Gasteiger partial charge is 0.218 e. The Morgan fingerprint density at radius 2 is 1.81 bits per heavy atom. The summed E-state index contributed by atoms with van der Waals surface area (Å²) in [5.41, 5.74) is 5.93. The molecule has 0 unspecified atom stereocenters. The molecule has 8 heteroatoms. The molecular formula is C29H46N6O2. The lowest BCUT2D eigenvalue weighted by molar-refractivity contribution is -0.117. The second kappa shape index (κ2) is 16.0. The van der Waals surface area contributed by atoms with Crippen LogP contribution < -0.4 is 15.0 Å². The van der Waals surface area contributed by atoms with Gasteiger partial charge in [0.1, 0.15) is 5.78 Å². The van der Waals surface area contributed by atoms with E-state index in [-0.39, 0.29) is 5.78 Å². The Labute approximate surface area is 222 Å². The van der Waals surface area contributed by atoms with Gasteiger partial charge in [-0.1, -0.05) is 33.6 Å². The van der Waals surface area contributed by atoms with Crippen molar-refractivity contribution in [2.75, 3.05) is 38.2 Å². The zero-order valence-electron chi connectivity index (χ0n) is 23.9. The first-order valence-electron chi connectivity index (χ1n) is 13.6. The van der Waals surface area contributed by atoms with Crippen molar-refractivity contribution >= 4 is 22.5 Å². The number of hydrogen-bond acceptors (Lipinski definition) is 7. The van der Waals surface area contributed by atoms with Gasteiger partial charge in [0, 0.05) is 74.4 Å². The van der Waals surface area contributed by atoms with Crippen molar-refractivity contribution in [1.82, 2.24) is 25.1 Å². The average Bonchev–Trinajstić information content (AvgIpc) is 3.25. The first kappa shape index (κ1) is 30.2. The lowest BCUT2D eigenvalue weighted by atomic mass is 10.1. The fourth-order valence-corrected chi connectivity index (χ4v) is 4.42. The van der Waals surface area contributed by atoms with Gasteiger partial charge in [0.05, 0.1) is 7.11 Å². The minimum Gasteiger partial charge on any atom is -0.481 e.